The van der Waals surface area contributed by atoms with Crippen molar-refractivity contribution in [2.24, 2.45) is 0 Å². The van der Waals surface area contributed by atoms with Crippen LogP contribution in [0.1, 0.15) is 44.3 Å². The molecule has 6 nitrogen and oxygen atoms in total. The fourth-order valence-electron chi connectivity index (χ4n) is 3.19. The summed E-state index contributed by atoms with van der Waals surface area (Å²) in [4.78, 5) is 9.42. The van der Waals surface area contributed by atoms with Gasteiger partial charge in [0.05, 0.1) is 12.6 Å². The van der Waals surface area contributed by atoms with E-state index >= 15 is 0 Å². The molecule has 0 N–H and O–H groups in total. The molecule has 0 spiro atoms. The lowest BCUT2D eigenvalue weighted by atomic mass is 10.2. The van der Waals surface area contributed by atoms with E-state index in [9.17, 15) is 0 Å². The minimum Gasteiger partial charge on any atom is -0.377 e. The highest BCUT2D eigenvalue weighted by atomic mass is 16.5. The summed E-state index contributed by atoms with van der Waals surface area (Å²) in [5, 5.41) is 4.06. The van der Waals surface area contributed by atoms with Crippen molar-refractivity contribution < 1.29 is 9.26 Å². The van der Waals surface area contributed by atoms with Gasteiger partial charge in [0.2, 0.25) is 5.89 Å². The van der Waals surface area contributed by atoms with Gasteiger partial charge in [0.25, 0.3) is 0 Å². The molecule has 0 aromatic carbocycles. The third-order valence-corrected chi connectivity index (χ3v) is 4.57. The minimum absolute atomic E-state index is 0.462. The number of ether oxygens (including phenoxy) is 1. The molecule has 22 heavy (non-hydrogen) atoms. The van der Waals surface area contributed by atoms with Crippen molar-refractivity contribution in [3.8, 4) is 0 Å². The van der Waals surface area contributed by atoms with Gasteiger partial charge in [-0.15, -0.1) is 0 Å². The first-order valence-corrected chi connectivity index (χ1v) is 8.71. The SMILES string of the molecule is CCCCc1noc(CN2CCN(CC3CCCO3)CC2)n1. The number of hydrogen-bond acceptors (Lipinski definition) is 6. The Bertz CT molecular complexity index is 437. The maximum absolute atomic E-state index is 5.72. The molecule has 0 saturated carbocycles. The van der Waals surface area contributed by atoms with Crippen molar-refractivity contribution in [2.45, 2.75) is 51.7 Å². The van der Waals surface area contributed by atoms with Crippen molar-refractivity contribution in [1.82, 2.24) is 19.9 Å². The van der Waals surface area contributed by atoms with E-state index in [0.717, 1.165) is 76.9 Å². The zero-order valence-corrected chi connectivity index (χ0v) is 13.7. The van der Waals surface area contributed by atoms with Gasteiger partial charge in [0.15, 0.2) is 5.82 Å². The Morgan fingerprint density at radius 1 is 1.18 bits per heavy atom. The lowest BCUT2D eigenvalue weighted by molar-refractivity contribution is 0.0468. The van der Waals surface area contributed by atoms with Gasteiger partial charge >= 0.3 is 0 Å². The van der Waals surface area contributed by atoms with Crippen LogP contribution in [0, 0.1) is 0 Å². The summed E-state index contributed by atoms with van der Waals surface area (Å²) < 4.78 is 11.1. The predicted octanol–water partition coefficient (Wildman–Crippen LogP) is 1.71. The Morgan fingerprint density at radius 2 is 2.00 bits per heavy atom. The smallest absolute Gasteiger partial charge is 0.240 e. The third kappa shape index (κ3) is 4.51. The molecule has 2 saturated heterocycles. The van der Waals surface area contributed by atoms with E-state index in [0.29, 0.717) is 6.10 Å². The van der Waals surface area contributed by atoms with Crippen molar-refractivity contribution in [3.63, 3.8) is 0 Å². The molecule has 2 aliphatic heterocycles. The molecule has 0 amide bonds. The molecule has 1 aromatic heterocycles. The molecular formula is C16H28N4O2. The molecule has 2 fully saturated rings. The van der Waals surface area contributed by atoms with E-state index in [-0.39, 0.29) is 0 Å². The minimum atomic E-state index is 0.462. The van der Waals surface area contributed by atoms with Crippen LogP contribution in [0.25, 0.3) is 0 Å². The van der Waals surface area contributed by atoms with Gasteiger partial charge in [-0.1, -0.05) is 18.5 Å². The highest BCUT2D eigenvalue weighted by Crippen LogP contribution is 2.15. The first-order valence-electron chi connectivity index (χ1n) is 8.71. The zero-order chi connectivity index (χ0) is 15.2. The number of aryl methyl sites for hydroxylation is 1. The first-order chi connectivity index (χ1) is 10.8. The molecule has 0 bridgehead atoms. The second-order valence-corrected chi connectivity index (χ2v) is 6.42. The maximum atomic E-state index is 5.72. The monoisotopic (exact) mass is 308 g/mol. The van der Waals surface area contributed by atoms with Gasteiger partial charge in [0.1, 0.15) is 0 Å². The first kappa shape index (κ1) is 15.9. The Balaban J connectivity index is 1.38. The average Bonchev–Trinajstić information content (AvgIpc) is 3.19. The number of unbranched alkanes of at least 4 members (excludes halogenated alkanes) is 1. The van der Waals surface area contributed by atoms with Crippen molar-refractivity contribution in [2.75, 3.05) is 39.3 Å². The van der Waals surface area contributed by atoms with E-state index in [1.165, 1.54) is 12.8 Å². The highest BCUT2D eigenvalue weighted by molar-refractivity contribution is 4.87. The van der Waals surface area contributed by atoms with Crippen molar-refractivity contribution in [1.29, 1.82) is 0 Å². The second kappa shape index (κ2) is 8.04. The molecule has 1 atom stereocenters. The van der Waals surface area contributed by atoms with Crippen LogP contribution in [0.2, 0.25) is 0 Å². The molecule has 6 heteroatoms. The van der Waals surface area contributed by atoms with Gasteiger partial charge in [-0.25, -0.2) is 0 Å². The summed E-state index contributed by atoms with van der Waals surface area (Å²) in [6.07, 6.45) is 6.13. The Kier molecular flexibility index (Phi) is 5.81. The molecule has 0 radical (unpaired) electrons. The van der Waals surface area contributed by atoms with Crippen LogP contribution >= 0.6 is 0 Å². The summed E-state index contributed by atoms with van der Waals surface area (Å²) in [5.74, 6) is 1.62. The number of piperazine rings is 1. The van der Waals surface area contributed by atoms with Crippen LogP contribution in [-0.4, -0.2) is 65.4 Å². The lowest BCUT2D eigenvalue weighted by Gasteiger charge is -2.34. The maximum Gasteiger partial charge on any atom is 0.240 e. The van der Waals surface area contributed by atoms with Crippen LogP contribution in [0.3, 0.4) is 0 Å². The summed E-state index contributed by atoms with van der Waals surface area (Å²) >= 11 is 0. The van der Waals surface area contributed by atoms with Crippen molar-refractivity contribution >= 4 is 0 Å². The fraction of sp³-hybridized carbons (Fsp3) is 0.875. The topological polar surface area (TPSA) is 54.6 Å². The van der Waals surface area contributed by atoms with E-state index < -0.39 is 0 Å². The van der Waals surface area contributed by atoms with Gasteiger partial charge in [-0.05, 0) is 19.3 Å². The van der Waals surface area contributed by atoms with Crippen LogP contribution in [0.15, 0.2) is 4.52 Å². The van der Waals surface area contributed by atoms with E-state index in [2.05, 4.69) is 26.9 Å². The van der Waals surface area contributed by atoms with E-state index in [4.69, 9.17) is 9.26 Å². The quantitative estimate of drug-likeness (QED) is 0.764. The van der Waals surface area contributed by atoms with E-state index in [1.807, 2.05) is 0 Å². The van der Waals surface area contributed by atoms with Crippen LogP contribution in [0.5, 0.6) is 0 Å². The molecular weight excluding hydrogens is 280 g/mol. The Hall–Kier alpha value is -0.980. The molecule has 3 heterocycles. The second-order valence-electron chi connectivity index (χ2n) is 6.42. The van der Waals surface area contributed by atoms with Gasteiger partial charge in [0, 0.05) is 45.8 Å². The zero-order valence-electron chi connectivity index (χ0n) is 13.7. The molecule has 124 valence electrons. The lowest BCUT2D eigenvalue weighted by Crippen LogP contribution is -2.48. The third-order valence-electron chi connectivity index (χ3n) is 4.57. The van der Waals surface area contributed by atoms with Crippen LogP contribution < -0.4 is 0 Å². The standard InChI is InChI=1S/C16H28N4O2/c1-2-3-6-15-17-16(22-18-15)13-20-9-7-19(8-10-20)12-14-5-4-11-21-14/h14H,2-13H2,1H3. The predicted molar refractivity (Wildman–Crippen MR) is 83.6 cm³/mol. The number of hydrogen-bond donors (Lipinski definition) is 0. The summed E-state index contributed by atoms with van der Waals surface area (Å²) in [6.45, 7) is 9.36. The fourth-order valence-corrected chi connectivity index (χ4v) is 3.19. The normalized spacial score (nSPS) is 24.1. The average molecular weight is 308 g/mol. The number of rotatable bonds is 7. The number of aromatic nitrogens is 2. The number of nitrogens with zero attached hydrogens (tertiary/aromatic N) is 4. The van der Waals surface area contributed by atoms with Crippen LogP contribution in [0.4, 0.5) is 0 Å². The van der Waals surface area contributed by atoms with Gasteiger partial charge in [-0.3, -0.25) is 9.80 Å². The largest absolute Gasteiger partial charge is 0.377 e. The summed E-state index contributed by atoms with van der Waals surface area (Å²) in [5.41, 5.74) is 0. The van der Waals surface area contributed by atoms with Gasteiger partial charge in [-0.2, -0.15) is 4.98 Å². The van der Waals surface area contributed by atoms with Crippen molar-refractivity contribution in [3.05, 3.63) is 11.7 Å². The highest BCUT2D eigenvalue weighted by Gasteiger charge is 2.23. The van der Waals surface area contributed by atoms with Gasteiger partial charge < -0.3 is 9.26 Å². The summed E-state index contributed by atoms with van der Waals surface area (Å²) in [6, 6.07) is 0. The van der Waals surface area contributed by atoms with Crippen LogP contribution in [-0.2, 0) is 17.7 Å². The molecule has 3 rings (SSSR count). The molecule has 2 aliphatic rings. The molecule has 1 unspecified atom stereocenters. The molecule has 0 aliphatic carbocycles. The van der Waals surface area contributed by atoms with E-state index in [1.54, 1.807) is 0 Å². The molecule has 1 aromatic rings. The Morgan fingerprint density at radius 3 is 2.73 bits per heavy atom. The Labute approximate surface area is 132 Å². The summed E-state index contributed by atoms with van der Waals surface area (Å²) in [7, 11) is 0.